The molecule has 0 spiro atoms. The zero-order chi connectivity index (χ0) is 19.7. The summed E-state index contributed by atoms with van der Waals surface area (Å²) in [4.78, 5) is 26.4. The highest BCUT2D eigenvalue weighted by atomic mass is 19.1. The lowest BCUT2D eigenvalue weighted by molar-refractivity contribution is -0.140. The number of nitrogens with zero attached hydrogens (tertiary/aromatic N) is 1. The Bertz CT molecular complexity index is 901. The van der Waals surface area contributed by atoms with E-state index < -0.39 is 29.7 Å². The summed E-state index contributed by atoms with van der Waals surface area (Å²) in [6.07, 6.45) is -0.870. The molecule has 1 saturated heterocycles. The number of hydrogen-bond donors (Lipinski definition) is 2. The predicted molar refractivity (Wildman–Crippen MR) is 98.3 cm³/mol. The monoisotopic (exact) mass is 369 g/mol. The molecule has 0 saturated carbocycles. The molecule has 0 radical (unpaired) electrons. The fourth-order valence-corrected chi connectivity index (χ4v) is 3.21. The summed E-state index contributed by atoms with van der Waals surface area (Å²) in [5.41, 5.74) is 1.79. The summed E-state index contributed by atoms with van der Waals surface area (Å²) in [5, 5.41) is 20.5. The van der Waals surface area contributed by atoms with Crippen LogP contribution in [-0.4, -0.2) is 39.5 Å². The quantitative estimate of drug-likeness (QED) is 0.493. The van der Waals surface area contributed by atoms with Crippen molar-refractivity contribution >= 4 is 17.4 Å². The SMILES string of the molecule is Cc1ccc(C(O)=C2C(=O)C(=O)N(C[C@H](C)O)[C@H]2c2ccc(F)cc2)cc1. The lowest BCUT2D eigenvalue weighted by atomic mass is 9.95. The topological polar surface area (TPSA) is 77.8 Å². The Kier molecular flexibility index (Phi) is 5.10. The summed E-state index contributed by atoms with van der Waals surface area (Å²) in [5.74, 6) is -2.39. The minimum absolute atomic E-state index is 0.0730. The second kappa shape index (κ2) is 7.32. The van der Waals surface area contributed by atoms with Gasteiger partial charge in [-0.25, -0.2) is 4.39 Å². The number of halogens is 1. The Hall–Kier alpha value is -2.99. The molecule has 2 aromatic rings. The van der Waals surface area contributed by atoms with Gasteiger partial charge in [0, 0.05) is 12.1 Å². The van der Waals surface area contributed by atoms with E-state index in [1.165, 1.54) is 36.1 Å². The number of aliphatic hydroxyl groups excluding tert-OH is 2. The van der Waals surface area contributed by atoms with Gasteiger partial charge in [0.1, 0.15) is 11.6 Å². The van der Waals surface area contributed by atoms with Crippen LogP contribution in [0.3, 0.4) is 0 Å². The lowest BCUT2D eigenvalue weighted by Gasteiger charge is -2.26. The van der Waals surface area contributed by atoms with E-state index in [-0.39, 0.29) is 17.9 Å². The fraction of sp³-hybridized carbons (Fsp3) is 0.238. The molecule has 2 aromatic carbocycles. The molecule has 0 bridgehead atoms. The molecule has 1 heterocycles. The zero-order valence-electron chi connectivity index (χ0n) is 15.0. The van der Waals surface area contributed by atoms with Crippen LogP contribution in [0.2, 0.25) is 0 Å². The number of ketones is 1. The third kappa shape index (κ3) is 3.61. The Morgan fingerprint density at radius 2 is 1.70 bits per heavy atom. The number of carbonyl (C=O) groups is 2. The standard InChI is InChI=1S/C21H20FNO4/c1-12-3-5-15(6-4-12)19(25)17-18(14-7-9-16(22)10-8-14)23(11-13(2)24)21(27)20(17)26/h3-10,13,18,24-25H,11H2,1-2H3/t13-,18-/m0/s1. The van der Waals surface area contributed by atoms with Crippen molar-refractivity contribution in [1.82, 2.24) is 4.90 Å². The summed E-state index contributed by atoms with van der Waals surface area (Å²) >= 11 is 0. The molecule has 1 amide bonds. The van der Waals surface area contributed by atoms with Crippen LogP contribution in [0.5, 0.6) is 0 Å². The van der Waals surface area contributed by atoms with Gasteiger partial charge in [0.25, 0.3) is 11.7 Å². The number of carbonyl (C=O) groups excluding carboxylic acids is 2. The van der Waals surface area contributed by atoms with Gasteiger partial charge in [-0.1, -0.05) is 42.0 Å². The smallest absolute Gasteiger partial charge is 0.295 e. The van der Waals surface area contributed by atoms with Crippen LogP contribution in [0.25, 0.3) is 5.76 Å². The highest BCUT2D eigenvalue weighted by molar-refractivity contribution is 6.46. The van der Waals surface area contributed by atoms with Crippen LogP contribution in [-0.2, 0) is 9.59 Å². The number of rotatable bonds is 4. The average molecular weight is 369 g/mol. The normalized spacial score (nSPS) is 20.1. The molecule has 0 unspecified atom stereocenters. The van der Waals surface area contributed by atoms with E-state index >= 15 is 0 Å². The molecule has 1 aliphatic heterocycles. The summed E-state index contributed by atoms with van der Waals surface area (Å²) in [6, 6.07) is 11.4. The number of Topliss-reactive ketones (excluding diaryl/α,β-unsaturated/α-hetero) is 1. The van der Waals surface area contributed by atoms with Crippen LogP contribution in [0.4, 0.5) is 4.39 Å². The first kappa shape index (κ1) is 18.8. The van der Waals surface area contributed by atoms with Crippen molar-refractivity contribution in [3.8, 4) is 0 Å². The Morgan fingerprint density at radius 3 is 2.26 bits per heavy atom. The van der Waals surface area contributed by atoms with Crippen LogP contribution in [0.15, 0.2) is 54.1 Å². The van der Waals surface area contributed by atoms with Crippen LogP contribution >= 0.6 is 0 Å². The maximum atomic E-state index is 13.3. The highest BCUT2D eigenvalue weighted by Crippen LogP contribution is 2.39. The van der Waals surface area contributed by atoms with E-state index in [1.54, 1.807) is 24.3 Å². The molecule has 3 rings (SSSR count). The first-order valence-corrected chi connectivity index (χ1v) is 8.58. The Morgan fingerprint density at radius 1 is 1.11 bits per heavy atom. The highest BCUT2D eigenvalue weighted by Gasteiger charge is 2.46. The molecular formula is C21H20FNO4. The molecule has 140 valence electrons. The number of likely N-dealkylation sites (tertiary alicyclic amines) is 1. The van der Waals surface area contributed by atoms with Gasteiger partial charge in [0.2, 0.25) is 0 Å². The van der Waals surface area contributed by atoms with Crippen LogP contribution in [0, 0.1) is 12.7 Å². The zero-order valence-corrected chi connectivity index (χ0v) is 15.0. The van der Waals surface area contributed by atoms with E-state index in [9.17, 15) is 24.2 Å². The number of β-amino-alcohol motifs (C(OH)–C–C–N with tert-alkyl or cyclic N) is 1. The van der Waals surface area contributed by atoms with E-state index in [0.717, 1.165) is 5.56 Å². The second-order valence-electron chi connectivity index (χ2n) is 6.72. The van der Waals surface area contributed by atoms with E-state index in [2.05, 4.69) is 0 Å². The molecule has 5 nitrogen and oxygen atoms in total. The summed E-state index contributed by atoms with van der Waals surface area (Å²) in [7, 11) is 0. The van der Waals surface area contributed by atoms with Crippen LogP contribution < -0.4 is 0 Å². The maximum Gasteiger partial charge on any atom is 0.295 e. The third-order valence-corrected chi connectivity index (χ3v) is 4.51. The number of aryl methyl sites for hydroxylation is 1. The van der Waals surface area contributed by atoms with Gasteiger partial charge in [0.05, 0.1) is 17.7 Å². The van der Waals surface area contributed by atoms with Gasteiger partial charge in [-0.2, -0.15) is 0 Å². The Labute approximate surface area is 156 Å². The van der Waals surface area contributed by atoms with E-state index in [1.807, 2.05) is 6.92 Å². The molecular weight excluding hydrogens is 349 g/mol. The van der Waals surface area contributed by atoms with Gasteiger partial charge < -0.3 is 15.1 Å². The van der Waals surface area contributed by atoms with Crippen molar-refractivity contribution in [2.75, 3.05) is 6.54 Å². The lowest BCUT2D eigenvalue weighted by Crippen LogP contribution is -2.35. The Balaban J connectivity index is 2.17. The van der Waals surface area contributed by atoms with Crippen molar-refractivity contribution in [3.63, 3.8) is 0 Å². The molecule has 0 aliphatic carbocycles. The number of aliphatic hydroxyl groups is 2. The van der Waals surface area contributed by atoms with Crippen molar-refractivity contribution in [1.29, 1.82) is 0 Å². The summed E-state index contributed by atoms with van der Waals surface area (Å²) in [6.45, 7) is 3.31. The number of hydrogen-bond acceptors (Lipinski definition) is 4. The van der Waals surface area contributed by atoms with E-state index in [0.29, 0.717) is 11.1 Å². The molecule has 27 heavy (non-hydrogen) atoms. The maximum absolute atomic E-state index is 13.3. The van der Waals surface area contributed by atoms with Crippen molar-refractivity contribution < 1.29 is 24.2 Å². The van der Waals surface area contributed by atoms with Gasteiger partial charge in [-0.15, -0.1) is 0 Å². The van der Waals surface area contributed by atoms with Crippen molar-refractivity contribution in [2.24, 2.45) is 0 Å². The first-order chi connectivity index (χ1) is 12.8. The predicted octanol–water partition coefficient (Wildman–Crippen LogP) is 2.94. The van der Waals surface area contributed by atoms with Gasteiger partial charge in [-0.05, 0) is 31.5 Å². The molecule has 6 heteroatoms. The van der Waals surface area contributed by atoms with Gasteiger partial charge in [0.15, 0.2) is 0 Å². The van der Waals surface area contributed by atoms with E-state index in [4.69, 9.17) is 0 Å². The van der Waals surface area contributed by atoms with Crippen LogP contribution in [0.1, 0.15) is 29.7 Å². The minimum Gasteiger partial charge on any atom is -0.507 e. The molecule has 0 aromatic heterocycles. The first-order valence-electron chi connectivity index (χ1n) is 8.58. The summed E-state index contributed by atoms with van der Waals surface area (Å²) < 4.78 is 13.3. The molecule has 1 fully saturated rings. The largest absolute Gasteiger partial charge is 0.507 e. The van der Waals surface area contributed by atoms with Gasteiger partial charge >= 0.3 is 0 Å². The number of benzene rings is 2. The van der Waals surface area contributed by atoms with Crippen molar-refractivity contribution in [3.05, 3.63) is 76.6 Å². The fourth-order valence-electron chi connectivity index (χ4n) is 3.21. The number of amides is 1. The van der Waals surface area contributed by atoms with Crippen molar-refractivity contribution in [2.45, 2.75) is 26.0 Å². The molecule has 2 atom stereocenters. The third-order valence-electron chi connectivity index (χ3n) is 4.51. The van der Waals surface area contributed by atoms with Gasteiger partial charge in [-0.3, -0.25) is 9.59 Å². The average Bonchev–Trinajstić information content (AvgIpc) is 2.87. The molecule has 2 N–H and O–H groups in total. The molecule has 1 aliphatic rings. The second-order valence-corrected chi connectivity index (χ2v) is 6.72. The minimum atomic E-state index is -0.901.